The van der Waals surface area contributed by atoms with E-state index in [1.165, 1.54) is 18.1 Å². The third-order valence-electron chi connectivity index (χ3n) is 4.53. The summed E-state index contributed by atoms with van der Waals surface area (Å²) in [6.07, 6.45) is 11.4. The number of anilines is 1. The molecule has 1 aliphatic carbocycles. The van der Waals surface area contributed by atoms with Crippen molar-refractivity contribution in [3.05, 3.63) is 61.2 Å². The zero-order chi connectivity index (χ0) is 18.2. The molecule has 0 spiro atoms. The highest BCUT2D eigenvalue weighted by Crippen LogP contribution is 2.43. The molecule has 1 amide bonds. The van der Waals surface area contributed by atoms with Gasteiger partial charge in [-0.05, 0) is 12.1 Å². The van der Waals surface area contributed by atoms with Gasteiger partial charge in [0.1, 0.15) is 16.9 Å². The quantitative estimate of drug-likeness (QED) is 0.543. The molecule has 0 fully saturated rings. The Morgan fingerprint density at radius 3 is 3.04 bits per heavy atom. The summed E-state index contributed by atoms with van der Waals surface area (Å²) in [5.74, 6) is 0.360. The molecule has 5 rings (SSSR count). The first kappa shape index (κ1) is 16.6. The maximum Gasteiger partial charge on any atom is 0.238 e. The first-order valence-electron chi connectivity index (χ1n) is 8.51. The smallest absolute Gasteiger partial charge is 0.238 e. The second-order valence-corrected chi connectivity index (χ2v) is 8.33. The second-order valence-electron chi connectivity index (χ2n) is 6.14. The number of nitrogens with one attached hydrogen (secondary N) is 1. The Morgan fingerprint density at radius 2 is 2.07 bits per heavy atom. The number of hydrogen-bond donors (Lipinski definition) is 1. The van der Waals surface area contributed by atoms with Gasteiger partial charge in [0.15, 0.2) is 5.65 Å². The lowest BCUT2D eigenvalue weighted by atomic mass is 10.0. The normalized spacial score (nSPS) is 20.5. The molecule has 8 heteroatoms. The lowest BCUT2D eigenvalue weighted by Gasteiger charge is -2.40. The number of fused-ring (bicyclic) bond motifs is 3. The van der Waals surface area contributed by atoms with Gasteiger partial charge in [-0.1, -0.05) is 48.2 Å². The summed E-state index contributed by atoms with van der Waals surface area (Å²) in [4.78, 5) is 31.9. The van der Waals surface area contributed by atoms with Gasteiger partial charge in [0.2, 0.25) is 5.91 Å². The van der Waals surface area contributed by atoms with Crippen molar-refractivity contribution in [2.24, 2.45) is 0 Å². The summed E-state index contributed by atoms with van der Waals surface area (Å²) in [5.41, 5.74) is 2.35. The topological polar surface area (TPSA) is 74.8 Å². The van der Waals surface area contributed by atoms with E-state index >= 15 is 0 Å². The number of rotatable bonds is 3. The lowest BCUT2D eigenvalue weighted by molar-refractivity contribution is -0.116. The third-order valence-corrected chi connectivity index (χ3v) is 6.81. The highest BCUT2D eigenvalue weighted by Gasteiger charge is 2.36. The number of carbonyl (C=O) groups excluding carboxylic acids is 1. The molecule has 0 radical (unpaired) electrons. The van der Waals surface area contributed by atoms with Crippen LogP contribution in [0.5, 0.6) is 0 Å². The van der Waals surface area contributed by atoms with Crippen LogP contribution < -0.4 is 4.90 Å². The van der Waals surface area contributed by atoms with E-state index in [0.717, 1.165) is 21.1 Å². The molecular formula is C19H15N5OS2. The molecule has 2 unspecified atom stereocenters. The predicted octanol–water partition coefficient (Wildman–Crippen LogP) is 3.45. The predicted molar refractivity (Wildman–Crippen MR) is 108 cm³/mol. The molecule has 2 aliphatic rings. The maximum absolute atomic E-state index is 13.2. The van der Waals surface area contributed by atoms with Crippen LogP contribution in [0.1, 0.15) is 0 Å². The van der Waals surface area contributed by atoms with Crippen molar-refractivity contribution in [2.75, 3.05) is 10.7 Å². The van der Waals surface area contributed by atoms with Crippen LogP contribution in [-0.4, -0.2) is 42.9 Å². The Balaban J connectivity index is 1.44. The molecule has 0 saturated carbocycles. The molecule has 1 aromatic carbocycles. The molecule has 134 valence electrons. The van der Waals surface area contributed by atoms with E-state index in [9.17, 15) is 4.79 Å². The molecule has 1 aliphatic heterocycles. The van der Waals surface area contributed by atoms with Crippen LogP contribution in [0.15, 0.2) is 71.1 Å². The van der Waals surface area contributed by atoms with Gasteiger partial charge in [0, 0.05) is 4.90 Å². The number of benzene rings is 1. The molecule has 0 bridgehead atoms. The standard InChI is InChI=1S/C19H15N5OS2/c25-16(9-26-19-17-18(21-10-20-17)22-11-23-19)24-12-5-1-3-7-14(12)27-15-8-4-2-6-13(15)24/h1-8,10-12,14H,9H2,(H,20,21,22,23). The molecule has 2 atom stereocenters. The number of allylic oxidation sites excluding steroid dienone is 2. The number of para-hydroxylation sites is 1. The van der Waals surface area contributed by atoms with Crippen LogP contribution in [0.4, 0.5) is 5.69 Å². The van der Waals surface area contributed by atoms with Crippen LogP contribution in [-0.2, 0) is 4.79 Å². The number of H-pyrrole nitrogens is 1. The van der Waals surface area contributed by atoms with Gasteiger partial charge < -0.3 is 9.88 Å². The Bertz CT molecular complexity index is 1080. The maximum atomic E-state index is 13.2. The summed E-state index contributed by atoms with van der Waals surface area (Å²) in [7, 11) is 0. The zero-order valence-corrected chi connectivity index (χ0v) is 15.8. The molecular weight excluding hydrogens is 378 g/mol. The van der Waals surface area contributed by atoms with Crippen LogP contribution in [0.25, 0.3) is 11.2 Å². The van der Waals surface area contributed by atoms with Crippen molar-refractivity contribution in [2.45, 2.75) is 21.2 Å². The Hall–Kier alpha value is -2.58. The van der Waals surface area contributed by atoms with Crippen molar-refractivity contribution in [3.63, 3.8) is 0 Å². The highest BCUT2D eigenvalue weighted by atomic mass is 32.2. The zero-order valence-electron chi connectivity index (χ0n) is 14.1. The Morgan fingerprint density at radius 1 is 1.19 bits per heavy atom. The summed E-state index contributed by atoms with van der Waals surface area (Å²) < 4.78 is 0. The molecule has 3 aromatic rings. The minimum absolute atomic E-state index is 0.0283. The lowest BCUT2D eigenvalue weighted by Crippen LogP contribution is -2.48. The Kier molecular flexibility index (Phi) is 4.21. The van der Waals surface area contributed by atoms with Crippen molar-refractivity contribution in [1.29, 1.82) is 0 Å². The number of carbonyl (C=O) groups is 1. The molecule has 3 heterocycles. The van der Waals surface area contributed by atoms with Crippen molar-refractivity contribution in [1.82, 2.24) is 19.9 Å². The summed E-state index contributed by atoms with van der Waals surface area (Å²) in [6.45, 7) is 0. The number of aromatic amines is 1. The first-order chi connectivity index (χ1) is 13.3. The number of hydrogen-bond acceptors (Lipinski definition) is 6. The number of amides is 1. The van der Waals surface area contributed by atoms with E-state index in [1.807, 2.05) is 29.2 Å². The first-order valence-corrected chi connectivity index (χ1v) is 10.4. The van der Waals surface area contributed by atoms with Gasteiger partial charge in [-0.2, -0.15) is 0 Å². The van der Waals surface area contributed by atoms with Crippen LogP contribution >= 0.6 is 23.5 Å². The van der Waals surface area contributed by atoms with Crippen molar-refractivity contribution in [3.8, 4) is 0 Å². The fourth-order valence-electron chi connectivity index (χ4n) is 3.33. The number of nitrogens with zero attached hydrogens (tertiary/aromatic N) is 4. The number of imidazole rings is 1. The van der Waals surface area contributed by atoms with Crippen molar-refractivity contribution >= 4 is 46.3 Å². The molecule has 2 aromatic heterocycles. The van der Waals surface area contributed by atoms with Gasteiger partial charge in [-0.25, -0.2) is 15.0 Å². The van der Waals surface area contributed by atoms with Gasteiger partial charge in [0.05, 0.1) is 29.1 Å². The van der Waals surface area contributed by atoms with Crippen LogP contribution in [0.2, 0.25) is 0 Å². The van der Waals surface area contributed by atoms with E-state index in [0.29, 0.717) is 11.4 Å². The number of thioether (sulfide) groups is 2. The van der Waals surface area contributed by atoms with Gasteiger partial charge in [-0.15, -0.1) is 11.8 Å². The second kappa shape index (κ2) is 6.86. The molecule has 1 N–H and O–H groups in total. The third kappa shape index (κ3) is 2.94. The van der Waals surface area contributed by atoms with E-state index in [2.05, 4.69) is 44.2 Å². The van der Waals surface area contributed by atoms with E-state index in [1.54, 1.807) is 18.1 Å². The average molecular weight is 393 g/mol. The summed E-state index contributed by atoms with van der Waals surface area (Å²) in [5, 5.41) is 0.971. The largest absolute Gasteiger partial charge is 0.341 e. The summed E-state index contributed by atoms with van der Waals surface area (Å²) >= 11 is 3.21. The van der Waals surface area contributed by atoms with Crippen LogP contribution in [0, 0.1) is 0 Å². The molecule has 6 nitrogen and oxygen atoms in total. The highest BCUT2D eigenvalue weighted by molar-refractivity contribution is 8.00. The van der Waals surface area contributed by atoms with Gasteiger partial charge >= 0.3 is 0 Å². The minimum atomic E-state index is 0.0283. The van der Waals surface area contributed by atoms with Crippen LogP contribution in [0.3, 0.4) is 0 Å². The fourth-order valence-corrected chi connectivity index (χ4v) is 5.41. The van der Waals surface area contributed by atoms with Gasteiger partial charge in [-0.3, -0.25) is 4.79 Å². The summed E-state index contributed by atoms with van der Waals surface area (Å²) in [6, 6.07) is 8.12. The fraction of sp³-hybridized carbons (Fsp3) is 0.158. The molecule has 0 saturated heterocycles. The average Bonchev–Trinajstić information content (AvgIpc) is 3.19. The van der Waals surface area contributed by atoms with E-state index < -0.39 is 0 Å². The van der Waals surface area contributed by atoms with E-state index in [-0.39, 0.29) is 17.2 Å². The minimum Gasteiger partial charge on any atom is -0.341 e. The Labute approximate surface area is 164 Å². The molecule has 27 heavy (non-hydrogen) atoms. The monoisotopic (exact) mass is 393 g/mol. The van der Waals surface area contributed by atoms with Gasteiger partial charge in [0.25, 0.3) is 0 Å². The number of aromatic nitrogens is 4. The SMILES string of the molecule is O=C(CSc1ncnc2nc[nH]c12)N1c2ccccc2SC2C=CC=CC21. The van der Waals surface area contributed by atoms with Crippen molar-refractivity contribution < 1.29 is 4.79 Å². The van der Waals surface area contributed by atoms with E-state index in [4.69, 9.17) is 0 Å².